The number of hydrogen-bond donors (Lipinski definition) is 4. The van der Waals surface area contributed by atoms with E-state index in [1.54, 1.807) is 13.8 Å². The number of carboxylic acid groups (broad SMARTS) is 1. The molecule has 0 aromatic heterocycles. The molecule has 0 aliphatic heterocycles. The van der Waals surface area contributed by atoms with Gasteiger partial charge in [0, 0.05) is 23.0 Å². The first-order chi connectivity index (χ1) is 10.3. The third kappa shape index (κ3) is 5.93. The van der Waals surface area contributed by atoms with Crippen molar-refractivity contribution in [2.24, 2.45) is 5.92 Å². The van der Waals surface area contributed by atoms with Crippen molar-refractivity contribution >= 4 is 39.3 Å². The maximum Gasteiger partial charge on any atom is 0.404 e. The van der Waals surface area contributed by atoms with E-state index in [9.17, 15) is 9.59 Å². The van der Waals surface area contributed by atoms with E-state index < -0.39 is 6.09 Å². The van der Waals surface area contributed by atoms with Crippen LogP contribution in [0.4, 0.5) is 16.2 Å². The Morgan fingerprint density at radius 2 is 1.95 bits per heavy atom. The van der Waals surface area contributed by atoms with E-state index in [-0.39, 0.29) is 17.9 Å². The number of rotatable bonds is 7. The Labute approximate surface area is 138 Å². The minimum atomic E-state index is -1.08. The van der Waals surface area contributed by atoms with Crippen LogP contribution in [0, 0.1) is 5.92 Å². The van der Waals surface area contributed by atoms with Gasteiger partial charge in [0.1, 0.15) is 0 Å². The molecular formula is C15H22BrN3O3. The van der Waals surface area contributed by atoms with Gasteiger partial charge >= 0.3 is 6.09 Å². The summed E-state index contributed by atoms with van der Waals surface area (Å²) in [7, 11) is 0. The number of anilines is 2. The highest BCUT2D eigenvalue weighted by atomic mass is 79.9. The van der Waals surface area contributed by atoms with Gasteiger partial charge in [-0.1, -0.05) is 22.9 Å². The molecule has 0 heterocycles. The molecule has 0 fully saturated rings. The molecule has 6 nitrogen and oxygen atoms in total. The molecular weight excluding hydrogens is 350 g/mol. The Morgan fingerprint density at radius 3 is 2.55 bits per heavy atom. The fraction of sp³-hybridized carbons (Fsp3) is 0.467. The zero-order valence-corrected chi connectivity index (χ0v) is 14.5. The summed E-state index contributed by atoms with van der Waals surface area (Å²) >= 11 is 3.39. The first kappa shape index (κ1) is 18.3. The first-order valence-corrected chi connectivity index (χ1v) is 7.96. The van der Waals surface area contributed by atoms with Crippen LogP contribution in [0.2, 0.25) is 0 Å². The lowest BCUT2D eigenvalue weighted by molar-refractivity contribution is -0.119. The average molecular weight is 372 g/mol. The van der Waals surface area contributed by atoms with Crippen molar-refractivity contribution in [2.75, 3.05) is 17.2 Å². The fourth-order valence-electron chi connectivity index (χ4n) is 2.13. The molecule has 1 aromatic rings. The van der Waals surface area contributed by atoms with Crippen LogP contribution >= 0.6 is 15.9 Å². The number of halogens is 1. The Kier molecular flexibility index (Phi) is 7.17. The van der Waals surface area contributed by atoms with Gasteiger partial charge in [0.25, 0.3) is 0 Å². The summed E-state index contributed by atoms with van der Waals surface area (Å²) in [6, 6.07) is 5.34. The van der Waals surface area contributed by atoms with E-state index in [4.69, 9.17) is 5.11 Å². The van der Waals surface area contributed by atoms with Gasteiger partial charge in [-0.15, -0.1) is 0 Å². The number of carbonyl (C=O) groups excluding carboxylic acids is 1. The monoisotopic (exact) mass is 371 g/mol. The van der Waals surface area contributed by atoms with Crippen LogP contribution in [-0.4, -0.2) is 29.7 Å². The van der Waals surface area contributed by atoms with Crippen LogP contribution in [-0.2, 0) is 4.79 Å². The topological polar surface area (TPSA) is 90.5 Å². The molecule has 2 atom stereocenters. The van der Waals surface area contributed by atoms with Crippen LogP contribution < -0.4 is 16.0 Å². The number of benzene rings is 1. The third-order valence-electron chi connectivity index (χ3n) is 3.13. The molecule has 22 heavy (non-hydrogen) atoms. The minimum Gasteiger partial charge on any atom is -0.465 e. The molecule has 0 radical (unpaired) electrons. The van der Waals surface area contributed by atoms with Gasteiger partial charge in [-0.3, -0.25) is 4.79 Å². The van der Waals surface area contributed by atoms with Crippen molar-refractivity contribution in [1.29, 1.82) is 0 Å². The molecule has 7 heteroatoms. The second-order valence-electron chi connectivity index (χ2n) is 5.20. The molecule has 2 unspecified atom stereocenters. The summed E-state index contributed by atoms with van der Waals surface area (Å²) in [5.74, 6) is -0.452. The van der Waals surface area contributed by atoms with Crippen molar-refractivity contribution in [1.82, 2.24) is 5.32 Å². The van der Waals surface area contributed by atoms with Crippen molar-refractivity contribution in [2.45, 2.75) is 33.2 Å². The quantitative estimate of drug-likeness (QED) is 0.590. The van der Waals surface area contributed by atoms with Gasteiger partial charge in [0.15, 0.2) is 0 Å². The first-order valence-electron chi connectivity index (χ1n) is 7.17. The molecule has 0 spiro atoms. The zero-order valence-electron chi connectivity index (χ0n) is 12.9. The van der Waals surface area contributed by atoms with E-state index in [1.165, 1.54) is 0 Å². The molecule has 0 aliphatic rings. The summed E-state index contributed by atoms with van der Waals surface area (Å²) in [5, 5.41) is 17.1. The Balaban J connectivity index is 2.71. The summed E-state index contributed by atoms with van der Waals surface area (Å²) in [4.78, 5) is 22.9. The van der Waals surface area contributed by atoms with Gasteiger partial charge in [-0.05, 0) is 38.5 Å². The lowest BCUT2D eigenvalue weighted by atomic mass is 10.0. The van der Waals surface area contributed by atoms with Crippen LogP contribution in [0.25, 0.3) is 0 Å². The summed E-state index contributed by atoms with van der Waals surface area (Å²) < 4.78 is 0.873. The van der Waals surface area contributed by atoms with Gasteiger partial charge in [0.05, 0.1) is 11.4 Å². The molecule has 4 N–H and O–H groups in total. The zero-order chi connectivity index (χ0) is 16.7. The second-order valence-corrected chi connectivity index (χ2v) is 6.11. The highest BCUT2D eigenvalue weighted by molar-refractivity contribution is 9.10. The summed E-state index contributed by atoms with van der Waals surface area (Å²) in [5.41, 5.74) is 1.55. The lowest BCUT2D eigenvalue weighted by Crippen LogP contribution is -2.34. The van der Waals surface area contributed by atoms with Crippen molar-refractivity contribution in [3.05, 3.63) is 22.7 Å². The predicted molar refractivity (Wildman–Crippen MR) is 91.3 cm³/mol. The summed E-state index contributed by atoms with van der Waals surface area (Å²) in [6.45, 7) is 6.25. The van der Waals surface area contributed by atoms with E-state index in [0.29, 0.717) is 12.1 Å². The largest absolute Gasteiger partial charge is 0.465 e. The van der Waals surface area contributed by atoms with Gasteiger partial charge < -0.3 is 21.1 Å². The number of amides is 2. The van der Waals surface area contributed by atoms with Crippen molar-refractivity contribution in [3.8, 4) is 0 Å². The van der Waals surface area contributed by atoms with Gasteiger partial charge in [-0.2, -0.15) is 0 Å². The smallest absolute Gasteiger partial charge is 0.404 e. The Morgan fingerprint density at radius 1 is 1.27 bits per heavy atom. The molecule has 0 aliphatic carbocycles. The Bertz CT molecular complexity index is 537. The van der Waals surface area contributed by atoms with Crippen molar-refractivity contribution < 1.29 is 14.7 Å². The van der Waals surface area contributed by atoms with Crippen molar-refractivity contribution in [3.63, 3.8) is 0 Å². The van der Waals surface area contributed by atoms with Crippen LogP contribution in [0.5, 0.6) is 0 Å². The van der Waals surface area contributed by atoms with E-state index in [0.717, 1.165) is 16.7 Å². The van der Waals surface area contributed by atoms with E-state index in [2.05, 4.69) is 31.9 Å². The van der Waals surface area contributed by atoms with Crippen LogP contribution in [0.15, 0.2) is 22.7 Å². The Hall–Kier alpha value is -1.76. The highest BCUT2D eigenvalue weighted by Gasteiger charge is 2.18. The SMILES string of the molecule is CCNc1ccc(Br)cc1NC(=O)C(C)CC(C)NC(=O)O. The van der Waals surface area contributed by atoms with Crippen LogP contribution in [0.3, 0.4) is 0 Å². The second kappa shape index (κ2) is 8.63. The lowest BCUT2D eigenvalue weighted by Gasteiger charge is -2.18. The third-order valence-corrected chi connectivity index (χ3v) is 3.62. The predicted octanol–water partition coefficient (Wildman–Crippen LogP) is 3.50. The molecule has 1 aromatic carbocycles. The van der Waals surface area contributed by atoms with Crippen LogP contribution in [0.1, 0.15) is 27.2 Å². The van der Waals surface area contributed by atoms with E-state index in [1.807, 2.05) is 25.1 Å². The maximum atomic E-state index is 12.3. The number of hydrogen-bond acceptors (Lipinski definition) is 3. The molecule has 0 bridgehead atoms. The highest BCUT2D eigenvalue weighted by Crippen LogP contribution is 2.26. The maximum absolute atomic E-state index is 12.3. The van der Waals surface area contributed by atoms with Gasteiger partial charge in [-0.25, -0.2) is 4.79 Å². The molecule has 122 valence electrons. The molecule has 1 rings (SSSR count). The average Bonchev–Trinajstić information content (AvgIpc) is 2.40. The minimum absolute atomic E-state index is 0.142. The van der Waals surface area contributed by atoms with E-state index >= 15 is 0 Å². The molecule has 0 saturated carbocycles. The standard InChI is InChI=1S/C15H22BrN3O3/c1-4-17-12-6-5-11(16)8-13(12)19-14(20)9(2)7-10(3)18-15(21)22/h5-6,8-10,17-18H,4,7H2,1-3H3,(H,19,20)(H,21,22). The van der Waals surface area contributed by atoms with Gasteiger partial charge in [0.2, 0.25) is 5.91 Å². The summed E-state index contributed by atoms with van der Waals surface area (Å²) in [6.07, 6.45) is -0.649. The molecule has 0 saturated heterocycles. The fourth-order valence-corrected chi connectivity index (χ4v) is 2.49. The number of carbonyl (C=O) groups is 2. The normalized spacial score (nSPS) is 13.1. The molecule has 2 amide bonds. The number of nitrogens with one attached hydrogen (secondary N) is 3.